The van der Waals surface area contributed by atoms with Gasteiger partial charge in [0.1, 0.15) is 5.54 Å². The molecule has 4 rings (SSSR count). The summed E-state index contributed by atoms with van der Waals surface area (Å²) < 4.78 is 9.42. The van der Waals surface area contributed by atoms with E-state index in [-0.39, 0.29) is 21.8 Å². The van der Waals surface area contributed by atoms with Crippen LogP contribution in [0, 0.1) is 5.92 Å². The number of methoxy groups -OCH3 is 1. The van der Waals surface area contributed by atoms with Gasteiger partial charge in [0.2, 0.25) is 11.8 Å². The van der Waals surface area contributed by atoms with Crippen molar-refractivity contribution in [1.29, 1.82) is 0 Å². The number of carbonyl (C=O) groups is 2. The first kappa shape index (κ1) is 34.5. The Morgan fingerprint density at radius 1 is 0.905 bits per heavy atom. The first-order valence-electron chi connectivity index (χ1n) is 15.5. The summed E-state index contributed by atoms with van der Waals surface area (Å²) in [6.07, 6.45) is 7.74. The van der Waals surface area contributed by atoms with Crippen LogP contribution in [0.15, 0.2) is 60.7 Å². The molecule has 0 aromatic heterocycles. The van der Waals surface area contributed by atoms with E-state index in [9.17, 15) is 9.59 Å². The Kier molecular flexibility index (Phi) is 15.3. The van der Waals surface area contributed by atoms with Crippen molar-refractivity contribution in [1.82, 2.24) is 10.6 Å². The second-order valence-electron chi connectivity index (χ2n) is 10.9. The zero-order valence-corrected chi connectivity index (χ0v) is 27.3. The summed E-state index contributed by atoms with van der Waals surface area (Å²) in [5.74, 6) is 2.50. The quantitative estimate of drug-likeness (QED) is 0.242. The molecule has 0 unspecified atom stereocenters. The van der Waals surface area contributed by atoms with E-state index in [1.165, 1.54) is 12.8 Å². The fourth-order valence-electron chi connectivity index (χ4n) is 5.70. The largest absolute Gasteiger partial charge is 0.382 e. The summed E-state index contributed by atoms with van der Waals surface area (Å²) in [5.41, 5.74) is 1.55. The molecule has 42 heavy (non-hydrogen) atoms. The maximum Gasteiger partial charge on any atom is 0.223 e. The number of amides is 2. The molecule has 0 spiro atoms. The topological polar surface area (TPSA) is 76.7 Å². The fourth-order valence-corrected chi connectivity index (χ4v) is 9.08. The van der Waals surface area contributed by atoms with Crippen LogP contribution in [0.3, 0.4) is 0 Å². The van der Waals surface area contributed by atoms with Gasteiger partial charge in [-0.25, -0.2) is 0 Å². The van der Waals surface area contributed by atoms with Gasteiger partial charge in [-0.1, -0.05) is 79.9 Å². The summed E-state index contributed by atoms with van der Waals surface area (Å²) in [6.45, 7) is 7.00. The van der Waals surface area contributed by atoms with Crippen LogP contribution in [0.1, 0.15) is 76.3 Å². The van der Waals surface area contributed by atoms with Crippen LogP contribution in [0.4, 0.5) is 0 Å². The SMILES string of the molecule is CC1(C(NC(=O)CCCNC(=O)C2CCCCC2)(c2ccccc2)c2ccccc2)SCCCS1.CCOCCOC. The van der Waals surface area contributed by atoms with Gasteiger partial charge in [0.25, 0.3) is 0 Å². The Bertz CT molecular complexity index is 999. The molecule has 1 aliphatic carbocycles. The molecule has 8 heteroatoms. The van der Waals surface area contributed by atoms with Crippen molar-refractivity contribution in [3.05, 3.63) is 71.8 Å². The highest BCUT2D eigenvalue weighted by Crippen LogP contribution is 2.56. The van der Waals surface area contributed by atoms with E-state index in [1.807, 2.05) is 42.6 Å². The van der Waals surface area contributed by atoms with Crippen LogP contribution < -0.4 is 10.6 Å². The molecule has 0 atom stereocenters. The van der Waals surface area contributed by atoms with Crippen LogP contribution in [-0.4, -0.2) is 60.9 Å². The van der Waals surface area contributed by atoms with Gasteiger partial charge in [0.15, 0.2) is 0 Å². The van der Waals surface area contributed by atoms with E-state index in [2.05, 4.69) is 66.1 Å². The van der Waals surface area contributed by atoms with E-state index in [4.69, 9.17) is 9.47 Å². The Morgan fingerprint density at radius 2 is 1.50 bits per heavy atom. The van der Waals surface area contributed by atoms with Crippen molar-refractivity contribution in [2.75, 3.05) is 45.0 Å². The number of benzene rings is 2. The monoisotopic (exact) mass is 614 g/mol. The van der Waals surface area contributed by atoms with Gasteiger partial charge in [-0.05, 0) is 62.2 Å². The Labute approximate surface area is 261 Å². The molecule has 1 saturated carbocycles. The van der Waals surface area contributed by atoms with Crippen LogP contribution in [0.25, 0.3) is 0 Å². The number of carbonyl (C=O) groups excluding carboxylic acids is 2. The molecule has 1 saturated heterocycles. The molecule has 0 radical (unpaired) electrons. The first-order chi connectivity index (χ1) is 20.5. The van der Waals surface area contributed by atoms with Gasteiger partial charge in [0, 0.05) is 32.6 Å². The molecular weight excluding hydrogens is 565 g/mol. The smallest absolute Gasteiger partial charge is 0.223 e. The highest BCUT2D eigenvalue weighted by Gasteiger charge is 2.53. The minimum Gasteiger partial charge on any atom is -0.382 e. The highest BCUT2D eigenvalue weighted by atomic mass is 32.2. The van der Waals surface area contributed by atoms with E-state index in [0.29, 0.717) is 32.6 Å². The van der Waals surface area contributed by atoms with Crippen molar-refractivity contribution in [2.24, 2.45) is 5.92 Å². The van der Waals surface area contributed by atoms with E-state index in [1.54, 1.807) is 7.11 Å². The number of thioether (sulfide) groups is 2. The average molecular weight is 615 g/mol. The lowest BCUT2D eigenvalue weighted by atomic mass is 9.79. The Hall–Kier alpha value is -2.00. The molecule has 2 aliphatic rings. The van der Waals surface area contributed by atoms with E-state index < -0.39 is 5.54 Å². The third-order valence-electron chi connectivity index (χ3n) is 7.96. The number of hydrogen-bond acceptors (Lipinski definition) is 6. The zero-order valence-electron chi connectivity index (χ0n) is 25.7. The average Bonchev–Trinajstić information content (AvgIpc) is 3.04. The van der Waals surface area contributed by atoms with Gasteiger partial charge in [0.05, 0.1) is 17.3 Å². The maximum absolute atomic E-state index is 13.5. The Balaban J connectivity index is 0.000000616. The van der Waals surface area contributed by atoms with Gasteiger partial charge in [-0.15, -0.1) is 23.5 Å². The predicted molar refractivity (Wildman–Crippen MR) is 177 cm³/mol. The van der Waals surface area contributed by atoms with E-state index in [0.717, 1.165) is 54.9 Å². The standard InChI is InChI=1S/C29H38N2O2S2.C5H12O2/c1-28(34-21-12-22-35-28)29(24-15-7-3-8-16-24,25-17-9-4-10-18-25)31-26(32)19-11-20-30-27(33)23-13-5-2-6-14-23;1-3-7-5-4-6-2/h3-4,7-10,15-18,23H,2,5-6,11-14,19-22H2,1H3,(H,30,33)(H,31,32);3-5H2,1-2H3. The second-order valence-corrected chi connectivity index (χ2v) is 14.2. The molecule has 2 aromatic carbocycles. The zero-order chi connectivity index (χ0) is 30.1. The van der Waals surface area contributed by atoms with Gasteiger partial charge >= 0.3 is 0 Å². The molecule has 6 nitrogen and oxygen atoms in total. The van der Waals surface area contributed by atoms with Gasteiger partial charge < -0.3 is 20.1 Å². The molecule has 2 aromatic rings. The lowest BCUT2D eigenvalue weighted by molar-refractivity contribution is -0.126. The third kappa shape index (κ3) is 9.76. The molecule has 1 aliphatic heterocycles. The van der Waals surface area contributed by atoms with Gasteiger partial charge in [-0.3, -0.25) is 9.59 Å². The Morgan fingerprint density at radius 3 is 2.05 bits per heavy atom. The van der Waals surface area contributed by atoms with Crippen molar-refractivity contribution in [3.8, 4) is 0 Å². The van der Waals surface area contributed by atoms with E-state index >= 15 is 0 Å². The number of ether oxygens (including phenoxy) is 2. The van der Waals surface area contributed by atoms with Gasteiger partial charge in [-0.2, -0.15) is 0 Å². The number of nitrogens with one attached hydrogen (secondary N) is 2. The van der Waals surface area contributed by atoms with Crippen LogP contribution in [-0.2, 0) is 24.6 Å². The van der Waals surface area contributed by atoms with Crippen molar-refractivity contribution < 1.29 is 19.1 Å². The molecule has 2 amide bonds. The highest BCUT2D eigenvalue weighted by molar-refractivity contribution is 8.18. The molecule has 2 N–H and O–H groups in total. The van der Waals surface area contributed by atoms with Crippen LogP contribution in [0.2, 0.25) is 0 Å². The molecule has 1 heterocycles. The van der Waals surface area contributed by atoms with Crippen molar-refractivity contribution in [3.63, 3.8) is 0 Å². The lowest BCUT2D eigenvalue weighted by Crippen LogP contribution is -2.59. The number of rotatable bonds is 13. The summed E-state index contributed by atoms with van der Waals surface area (Å²) >= 11 is 3.89. The predicted octanol–water partition coefficient (Wildman–Crippen LogP) is 6.78. The number of hydrogen-bond donors (Lipinski definition) is 2. The summed E-state index contributed by atoms with van der Waals surface area (Å²) in [6, 6.07) is 20.8. The molecular formula is C34H50N2O4S2. The normalized spacial score (nSPS) is 17.0. The first-order valence-corrected chi connectivity index (χ1v) is 17.5. The lowest BCUT2D eigenvalue weighted by Gasteiger charge is -2.50. The van der Waals surface area contributed by atoms with Crippen LogP contribution >= 0.6 is 23.5 Å². The molecule has 232 valence electrons. The summed E-state index contributed by atoms with van der Waals surface area (Å²) in [4.78, 5) is 26.0. The van der Waals surface area contributed by atoms with Crippen molar-refractivity contribution >= 4 is 35.3 Å². The molecule has 0 bridgehead atoms. The summed E-state index contributed by atoms with van der Waals surface area (Å²) in [5, 5.41) is 6.61. The minimum absolute atomic E-state index is 0.0256. The third-order valence-corrected chi connectivity index (χ3v) is 11.4. The fraction of sp³-hybridized carbons (Fsp3) is 0.588. The minimum atomic E-state index is -0.659. The second kappa shape index (κ2) is 18.6. The molecule has 2 fully saturated rings. The maximum atomic E-state index is 13.5. The van der Waals surface area contributed by atoms with Crippen molar-refractivity contribution in [2.45, 2.75) is 74.8 Å². The summed E-state index contributed by atoms with van der Waals surface area (Å²) in [7, 11) is 1.67. The van der Waals surface area contributed by atoms with Crippen LogP contribution in [0.5, 0.6) is 0 Å².